The number of nitrogens with zero attached hydrogens (tertiary/aromatic N) is 2. The zero-order chi connectivity index (χ0) is 18.9. The highest BCUT2D eigenvalue weighted by molar-refractivity contribution is 9.10. The predicted octanol–water partition coefficient (Wildman–Crippen LogP) is 4.38. The standard InChI is InChI=1S/C18H20BrN3O2S2/c1-4-14-15(11-5-7-12(19)8-6-11)20-17(26-14)21-16(24)13-9-25-18(2,3)22(13)10-23/h5-8,10,13H,4,9H2,1-3H3,(H,20,21,24). The van der Waals surface area contributed by atoms with Crippen LogP contribution in [0.5, 0.6) is 0 Å². The topological polar surface area (TPSA) is 62.3 Å². The van der Waals surface area contributed by atoms with Crippen LogP contribution in [0.4, 0.5) is 5.13 Å². The van der Waals surface area contributed by atoms with Gasteiger partial charge in [-0.3, -0.25) is 9.59 Å². The number of amides is 2. The maximum atomic E-state index is 12.7. The molecule has 5 nitrogen and oxygen atoms in total. The molecule has 2 heterocycles. The Labute approximate surface area is 169 Å². The minimum Gasteiger partial charge on any atom is -0.318 e. The first-order valence-electron chi connectivity index (χ1n) is 8.30. The van der Waals surface area contributed by atoms with Gasteiger partial charge in [-0.25, -0.2) is 4.98 Å². The molecule has 1 fully saturated rings. The Hall–Kier alpha value is -1.38. The molecule has 26 heavy (non-hydrogen) atoms. The van der Waals surface area contributed by atoms with Crippen LogP contribution in [0.3, 0.4) is 0 Å². The summed E-state index contributed by atoms with van der Waals surface area (Å²) in [6.45, 7) is 5.97. The Morgan fingerprint density at radius 2 is 2.12 bits per heavy atom. The Balaban J connectivity index is 1.81. The summed E-state index contributed by atoms with van der Waals surface area (Å²) in [6, 6.07) is 7.50. The second-order valence-electron chi connectivity index (χ2n) is 6.43. The molecule has 0 spiro atoms. The monoisotopic (exact) mass is 453 g/mol. The first kappa shape index (κ1) is 19.4. The molecule has 0 aliphatic carbocycles. The molecule has 1 unspecified atom stereocenters. The van der Waals surface area contributed by atoms with Crippen molar-refractivity contribution in [3.05, 3.63) is 33.6 Å². The molecular formula is C18H20BrN3O2S2. The van der Waals surface area contributed by atoms with Crippen molar-refractivity contribution in [2.75, 3.05) is 11.1 Å². The van der Waals surface area contributed by atoms with E-state index in [1.54, 1.807) is 16.7 Å². The molecule has 1 aromatic carbocycles. The van der Waals surface area contributed by atoms with Gasteiger partial charge in [0.1, 0.15) is 6.04 Å². The number of halogens is 1. The van der Waals surface area contributed by atoms with Crippen molar-refractivity contribution in [1.82, 2.24) is 9.88 Å². The minimum atomic E-state index is -0.474. The number of benzene rings is 1. The molecule has 0 radical (unpaired) electrons. The second-order valence-corrected chi connectivity index (χ2v) is 10.0. The number of hydrogen-bond acceptors (Lipinski definition) is 5. The maximum Gasteiger partial charge on any atom is 0.249 e. The molecule has 2 aromatic rings. The van der Waals surface area contributed by atoms with Crippen LogP contribution in [0.1, 0.15) is 25.6 Å². The molecule has 0 saturated carbocycles. The Kier molecular flexibility index (Phi) is 5.74. The fourth-order valence-electron chi connectivity index (χ4n) is 2.88. The van der Waals surface area contributed by atoms with E-state index in [0.717, 1.165) is 33.4 Å². The van der Waals surface area contributed by atoms with Gasteiger partial charge < -0.3 is 10.2 Å². The quantitative estimate of drug-likeness (QED) is 0.681. The number of rotatable bonds is 5. The zero-order valence-electron chi connectivity index (χ0n) is 14.8. The van der Waals surface area contributed by atoms with Gasteiger partial charge in [0.25, 0.3) is 0 Å². The SMILES string of the molecule is CCc1sc(NC(=O)C2CSC(C)(C)N2C=O)nc1-c1ccc(Br)cc1. The lowest BCUT2D eigenvalue weighted by atomic mass is 10.1. The molecule has 3 rings (SSSR count). The smallest absolute Gasteiger partial charge is 0.249 e. The first-order valence-corrected chi connectivity index (χ1v) is 10.9. The number of nitrogens with one attached hydrogen (secondary N) is 1. The van der Waals surface area contributed by atoms with Crippen molar-refractivity contribution in [2.24, 2.45) is 0 Å². The van der Waals surface area contributed by atoms with Gasteiger partial charge in [0.2, 0.25) is 12.3 Å². The van der Waals surface area contributed by atoms with Gasteiger partial charge in [-0.05, 0) is 32.4 Å². The van der Waals surface area contributed by atoms with Crippen LogP contribution < -0.4 is 5.32 Å². The molecule has 8 heteroatoms. The summed E-state index contributed by atoms with van der Waals surface area (Å²) in [5.41, 5.74) is 1.92. The van der Waals surface area contributed by atoms with Gasteiger partial charge in [-0.15, -0.1) is 23.1 Å². The summed E-state index contributed by atoms with van der Waals surface area (Å²) in [5.74, 6) is 0.400. The highest BCUT2D eigenvalue weighted by Crippen LogP contribution is 2.38. The van der Waals surface area contributed by atoms with Gasteiger partial charge in [-0.1, -0.05) is 35.0 Å². The molecular weight excluding hydrogens is 434 g/mol. The maximum absolute atomic E-state index is 12.7. The van der Waals surface area contributed by atoms with Crippen molar-refractivity contribution in [3.63, 3.8) is 0 Å². The number of aryl methyl sites for hydroxylation is 1. The third-order valence-corrected chi connectivity index (χ3v) is 7.38. The molecule has 138 valence electrons. The molecule has 1 atom stereocenters. The van der Waals surface area contributed by atoms with Crippen molar-refractivity contribution in [2.45, 2.75) is 38.1 Å². The summed E-state index contributed by atoms with van der Waals surface area (Å²) in [5, 5.41) is 3.48. The van der Waals surface area contributed by atoms with Gasteiger partial charge in [0.15, 0.2) is 5.13 Å². The largest absolute Gasteiger partial charge is 0.318 e. The number of carbonyl (C=O) groups excluding carboxylic acids is 2. The number of carbonyl (C=O) groups is 2. The fourth-order valence-corrected chi connectivity index (χ4v) is 5.27. The Bertz CT molecular complexity index is 820. The lowest BCUT2D eigenvalue weighted by Gasteiger charge is -2.29. The predicted molar refractivity (Wildman–Crippen MR) is 111 cm³/mol. The van der Waals surface area contributed by atoms with Gasteiger partial charge in [0, 0.05) is 20.7 Å². The molecule has 1 aliphatic heterocycles. The Morgan fingerprint density at radius 3 is 2.73 bits per heavy atom. The summed E-state index contributed by atoms with van der Waals surface area (Å²) >= 11 is 6.53. The van der Waals surface area contributed by atoms with Crippen LogP contribution in [-0.4, -0.2) is 38.9 Å². The third kappa shape index (κ3) is 3.82. The summed E-state index contributed by atoms with van der Waals surface area (Å²) in [4.78, 5) is 31.1. The molecule has 2 amide bonds. The normalized spacial score (nSPS) is 18.8. The van der Waals surface area contributed by atoms with E-state index in [4.69, 9.17) is 0 Å². The van der Waals surface area contributed by atoms with Gasteiger partial charge in [0.05, 0.1) is 10.6 Å². The van der Waals surface area contributed by atoms with E-state index in [2.05, 4.69) is 33.2 Å². The van der Waals surface area contributed by atoms with E-state index >= 15 is 0 Å². The van der Waals surface area contributed by atoms with Crippen LogP contribution >= 0.6 is 39.0 Å². The van der Waals surface area contributed by atoms with Crippen molar-refractivity contribution in [3.8, 4) is 11.3 Å². The highest BCUT2D eigenvalue weighted by Gasteiger charge is 2.43. The van der Waals surface area contributed by atoms with Crippen LogP contribution in [0.25, 0.3) is 11.3 Å². The third-order valence-electron chi connectivity index (χ3n) is 4.33. The minimum absolute atomic E-state index is 0.186. The highest BCUT2D eigenvalue weighted by atomic mass is 79.9. The average Bonchev–Trinajstić information content (AvgIpc) is 3.15. The van der Waals surface area contributed by atoms with Gasteiger partial charge in [-0.2, -0.15) is 0 Å². The summed E-state index contributed by atoms with van der Waals surface area (Å²) in [6.07, 6.45) is 1.60. The van der Waals surface area contributed by atoms with Crippen molar-refractivity contribution < 1.29 is 9.59 Å². The molecule has 1 aliphatic rings. The number of thiazole rings is 1. The molecule has 1 aromatic heterocycles. The second kappa shape index (κ2) is 7.70. The van der Waals surface area contributed by atoms with Crippen molar-refractivity contribution >= 4 is 56.5 Å². The lowest BCUT2D eigenvalue weighted by Crippen LogP contribution is -2.47. The van der Waals surface area contributed by atoms with E-state index in [1.807, 2.05) is 38.1 Å². The first-order chi connectivity index (χ1) is 12.4. The van der Waals surface area contributed by atoms with E-state index in [9.17, 15) is 9.59 Å². The Morgan fingerprint density at radius 1 is 1.42 bits per heavy atom. The number of hydrogen-bond donors (Lipinski definition) is 1. The molecule has 1 saturated heterocycles. The number of anilines is 1. The summed E-state index contributed by atoms with van der Waals surface area (Å²) in [7, 11) is 0. The van der Waals surface area contributed by atoms with Gasteiger partial charge >= 0.3 is 0 Å². The van der Waals surface area contributed by atoms with E-state index in [-0.39, 0.29) is 10.8 Å². The van der Waals surface area contributed by atoms with Crippen LogP contribution in [0.15, 0.2) is 28.7 Å². The van der Waals surface area contributed by atoms with E-state index < -0.39 is 6.04 Å². The van der Waals surface area contributed by atoms with Crippen LogP contribution in [0, 0.1) is 0 Å². The number of aromatic nitrogens is 1. The number of thioether (sulfide) groups is 1. The van der Waals surface area contributed by atoms with E-state index in [0.29, 0.717) is 10.9 Å². The lowest BCUT2D eigenvalue weighted by molar-refractivity contribution is -0.130. The van der Waals surface area contributed by atoms with Crippen LogP contribution in [-0.2, 0) is 16.0 Å². The van der Waals surface area contributed by atoms with E-state index in [1.165, 1.54) is 11.3 Å². The van der Waals surface area contributed by atoms with Crippen LogP contribution in [0.2, 0.25) is 0 Å². The molecule has 1 N–H and O–H groups in total. The fraction of sp³-hybridized carbons (Fsp3) is 0.389. The molecule has 0 bridgehead atoms. The van der Waals surface area contributed by atoms with Crippen molar-refractivity contribution in [1.29, 1.82) is 0 Å². The average molecular weight is 454 g/mol. The zero-order valence-corrected chi connectivity index (χ0v) is 18.0. The summed E-state index contributed by atoms with van der Waals surface area (Å²) < 4.78 is 1.01.